The van der Waals surface area contributed by atoms with Gasteiger partial charge in [-0.2, -0.15) is 0 Å². The number of carboxylic acids is 2. The maximum atomic E-state index is 10.4. The number of carbonyl (C=O) groups is 2. The number of carboxylic acid groups (broad SMARTS) is 2. The van der Waals surface area contributed by atoms with Gasteiger partial charge in [-0.05, 0) is 0 Å². The maximum absolute atomic E-state index is 10.4. The van der Waals surface area contributed by atoms with Crippen LogP contribution in [0.1, 0.15) is 0 Å². The molecule has 72 valence electrons. The Bertz CT molecular complexity index is 244. The molecule has 0 bridgehead atoms. The molecule has 0 heterocycles. The number of terminal acetylenes is 1. The molecule has 0 fully saturated rings. The standard InChI is InChI=1S/C7H9NO5/c1-2-3-13-5(7(11)12)4(8)6(9)10/h1,4-5H,3,8H2,(H,9,10)(H,11,12)/t4-,5-/m0/s1. The van der Waals surface area contributed by atoms with Gasteiger partial charge in [-0.3, -0.25) is 4.79 Å². The average Bonchev–Trinajstić information content (AvgIpc) is 2.04. The number of rotatable bonds is 5. The zero-order valence-corrected chi connectivity index (χ0v) is 6.64. The van der Waals surface area contributed by atoms with Crippen LogP contribution in [0.15, 0.2) is 0 Å². The molecule has 0 spiro atoms. The zero-order valence-electron chi connectivity index (χ0n) is 6.64. The van der Waals surface area contributed by atoms with Crippen LogP contribution in [0.25, 0.3) is 0 Å². The molecule has 4 N–H and O–H groups in total. The van der Waals surface area contributed by atoms with Crippen LogP contribution in [0.5, 0.6) is 0 Å². The van der Waals surface area contributed by atoms with E-state index in [9.17, 15) is 9.59 Å². The predicted molar refractivity (Wildman–Crippen MR) is 41.8 cm³/mol. The van der Waals surface area contributed by atoms with E-state index < -0.39 is 24.1 Å². The SMILES string of the molecule is C#CCO[C@H](C(=O)O)[C@H](N)C(=O)O. The van der Waals surface area contributed by atoms with Crippen molar-refractivity contribution in [2.75, 3.05) is 6.61 Å². The van der Waals surface area contributed by atoms with E-state index in [1.807, 2.05) is 5.92 Å². The lowest BCUT2D eigenvalue weighted by Crippen LogP contribution is -2.47. The van der Waals surface area contributed by atoms with Gasteiger partial charge in [0.15, 0.2) is 6.10 Å². The fraction of sp³-hybridized carbons (Fsp3) is 0.429. The van der Waals surface area contributed by atoms with E-state index >= 15 is 0 Å². The highest BCUT2D eigenvalue weighted by Gasteiger charge is 2.31. The van der Waals surface area contributed by atoms with Crippen molar-refractivity contribution in [1.82, 2.24) is 0 Å². The minimum atomic E-state index is -1.62. The van der Waals surface area contributed by atoms with E-state index in [1.165, 1.54) is 0 Å². The molecule has 13 heavy (non-hydrogen) atoms. The van der Waals surface area contributed by atoms with Gasteiger partial charge in [-0.15, -0.1) is 6.42 Å². The van der Waals surface area contributed by atoms with Gasteiger partial charge in [0.2, 0.25) is 0 Å². The van der Waals surface area contributed by atoms with Crippen LogP contribution in [0.3, 0.4) is 0 Å². The second-order valence-corrected chi connectivity index (χ2v) is 2.14. The number of hydrogen-bond acceptors (Lipinski definition) is 4. The topological polar surface area (TPSA) is 110 Å². The lowest BCUT2D eigenvalue weighted by molar-refractivity contribution is -0.157. The molecule has 0 amide bonds. The van der Waals surface area contributed by atoms with Crippen LogP contribution in [-0.4, -0.2) is 40.9 Å². The van der Waals surface area contributed by atoms with Gasteiger partial charge in [0.05, 0.1) is 0 Å². The second kappa shape index (κ2) is 5.13. The molecule has 0 unspecified atom stereocenters. The molecule has 0 rings (SSSR count). The predicted octanol–water partition coefficient (Wildman–Crippen LogP) is -1.50. The van der Waals surface area contributed by atoms with Crippen molar-refractivity contribution >= 4 is 11.9 Å². The summed E-state index contributed by atoms with van der Waals surface area (Å²) >= 11 is 0. The van der Waals surface area contributed by atoms with Gasteiger partial charge in [-0.1, -0.05) is 5.92 Å². The molecule has 0 aliphatic heterocycles. The Hall–Kier alpha value is -1.58. The summed E-state index contributed by atoms with van der Waals surface area (Å²) in [6.07, 6.45) is 3.18. The van der Waals surface area contributed by atoms with Gasteiger partial charge in [-0.25, -0.2) is 4.79 Å². The molecule has 0 aliphatic rings. The van der Waals surface area contributed by atoms with E-state index in [-0.39, 0.29) is 6.61 Å². The maximum Gasteiger partial charge on any atom is 0.335 e. The molecule has 0 aliphatic carbocycles. The Morgan fingerprint density at radius 3 is 2.31 bits per heavy atom. The molecular formula is C7H9NO5. The highest BCUT2D eigenvalue weighted by Crippen LogP contribution is 1.98. The normalized spacial score (nSPS) is 14.2. The molecule has 0 aromatic rings. The Kier molecular flexibility index (Phi) is 4.51. The van der Waals surface area contributed by atoms with Crippen molar-refractivity contribution in [3.63, 3.8) is 0 Å². The minimum Gasteiger partial charge on any atom is -0.480 e. The number of nitrogens with two attached hydrogens (primary N) is 1. The molecule has 0 aromatic heterocycles. The third-order valence-electron chi connectivity index (χ3n) is 1.20. The Morgan fingerprint density at radius 1 is 1.46 bits per heavy atom. The van der Waals surface area contributed by atoms with Crippen LogP contribution < -0.4 is 5.73 Å². The third kappa shape index (κ3) is 3.55. The Labute approximate surface area is 74.3 Å². The second-order valence-electron chi connectivity index (χ2n) is 2.14. The zero-order chi connectivity index (χ0) is 10.4. The summed E-state index contributed by atoms with van der Waals surface area (Å²) in [5, 5.41) is 16.9. The number of aliphatic carboxylic acids is 2. The summed E-state index contributed by atoms with van der Waals surface area (Å²) in [5.41, 5.74) is 5.03. The first kappa shape index (κ1) is 11.4. The van der Waals surface area contributed by atoms with Crippen LogP contribution in [-0.2, 0) is 14.3 Å². The van der Waals surface area contributed by atoms with Gasteiger partial charge in [0.25, 0.3) is 0 Å². The van der Waals surface area contributed by atoms with Crippen molar-refractivity contribution < 1.29 is 24.5 Å². The smallest absolute Gasteiger partial charge is 0.335 e. The summed E-state index contributed by atoms with van der Waals surface area (Å²) in [5.74, 6) is -0.895. The first-order valence-electron chi connectivity index (χ1n) is 3.27. The molecular weight excluding hydrogens is 178 g/mol. The first-order valence-corrected chi connectivity index (χ1v) is 3.27. The van der Waals surface area contributed by atoms with Gasteiger partial charge in [0.1, 0.15) is 12.6 Å². The quantitative estimate of drug-likeness (QED) is 0.452. The number of ether oxygens (including phenoxy) is 1. The summed E-state index contributed by atoms with van der Waals surface area (Å²) in [4.78, 5) is 20.7. The lowest BCUT2D eigenvalue weighted by atomic mass is 10.2. The van der Waals surface area contributed by atoms with Crippen LogP contribution in [0, 0.1) is 12.3 Å². The van der Waals surface area contributed by atoms with Crippen LogP contribution >= 0.6 is 0 Å². The van der Waals surface area contributed by atoms with E-state index in [0.29, 0.717) is 0 Å². The summed E-state index contributed by atoms with van der Waals surface area (Å²) in [6, 6.07) is -1.62. The van der Waals surface area contributed by atoms with Crippen LogP contribution in [0.2, 0.25) is 0 Å². The highest BCUT2D eigenvalue weighted by atomic mass is 16.5. The fourth-order valence-electron chi connectivity index (χ4n) is 0.596. The van der Waals surface area contributed by atoms with Crippen molar-refractivity contribution in [2.45, 2.75) is 12.1 Å². The fourth-order valence-corrected chi connectivity index (χ4v) is 0.596. The summed E-state index contributed by atoms with van der Waals surface area (Å²) in [6.45, 7) is -0.294. The van der Waals surface area contributed by atoms with Gasteiger partial charge in [0, 0.05) is 0 Å². The first-order chi connectivity index (χ1) is 6.00. The van der Waals surface area contributed by atoms with Crippen molar-refractivity contribution in [3.8, 4) is 12.3 Å². The lowest BCUT2D eigenvalue weighted by Gasteiger charge is -2.15. The molecule has 0 radical (unpaired) electrons. The molecule has 2 atom stereocenters. The molecule has 6 heteroatoms. The molecule has 6 nitrogen and oxygen atoms in total. The molecule has 0 saturated heterocycles. The van der Waals surface area contributed by atoms with Crippen molar-refractivity contribution in [1.29, 1.82) is 0 Å². The van der Waals surface area contributed by atoms with Crippen LogP contribution in [0.4, 0.5) is 0 Å². The number of hydrogen-bond donors (Lipinski definition) is 3. The molecule has 0 saturated carbocycles. The van der Waals surface area contributed by atoms with E-state index in [1.54, 1.807) is 0 Å². The summed E-state index contributed by atoms with van der Waals surface area (Å²) in [7, 11) is 0. The van der Waals surface area contributed by atoms with E-state index in [4.69, 9.17) is 22.4 Å². The van der Waals surface area contributed by atoms with Crippen molar-refractivity contribution in [2.24, 2.45) is 5.73 Å². The van der Waals surface area contributed by atoms with Gasteiger partial charge < -0.3 is 20.7 Å². The third-order valence-corrected chi connectivity index (χ3v) is 1.20. The van der Waals surface area contributed by atoms with E-state index in [0.717, 1.165) is 0 Å². The minimum absolute atomic E-state index is 0.294. The largest absolute Gasteiger partial charge is 0.480 e. The summed E-state index contributed by atoms with van der Waals surface area (Å²) < 4.78 is 4.53. The Balaban J connectivity index is 4.34. The molecule has 0 aromatic carbocycles. The average molecular weight is 187 g/mol. The van der Waals surface area contributed by atoms with E-state index in [2.05, 4.69) is 4.74 Å². The Morgan fingerprint density at radius 2 is 2.00 bits per heavy atom. The highest BCUT2D eigenvalue weighted by molar-refractivity contribution is 5.84. The van der Waals surface area contributed by atoms with Gasteiger partial charge >= 0.3 is 11.9 Å². The monoisotopic (exact) mass is 187 g/mol. The van der Waals surface area contributed by atoms with Crippen molar-refractivity contribution in [3.05, 3.63) is 0 Å².